The number of nitrogens with zero attached hydrogens (tertiary/aromatic N) is 1. The van der Waals surface area contributed by atoms with E-state index in [1.54, 1.807) is 6.07 Å². The zero-order valence-electron chi connectivity index (χ0n) is 14.4. The molecule has 1 fully saturated rings. The molecule has 6 nitrogen and oxygen atoms in total. The Balaban J connectivity index is 1.89. The lowest BCUT2D eigenvalue weighted by molar-refractivity contribution is -0.172. The Hall–Kier alpha value is -0.453. The van der Waals surface area contributed by atoms with Gasteiger partial charge in [0.25, 0.3) is 0 Å². The second-order valence-corrected chi connectivity index (χ2v) is 13.1. The van der Waals surface area contributed by atoms with E-state index >= 15 is 0 Å². The van der Waals surface area contributed by atoms with Gasteiger partial charge < -0.3 is 14.5 Å². The molecule has 1 aliphatic rings. The maximum atomic E-state index is 11.2. The molecular formula is C15H26IN3O3Si. The Morgan fingerprint density at radius 2 is 2.17 bits per heavy atom. The number of ether oxygens (including phenoxy) is 1. The maximum Gasteiger partial charge on any atom is 0.346 e. The van der Waals surface area contributed by atoms with E-state index in [9.17, 15) is 4.79 Å². The Kier molecular flexibility index (Phi) is 5.91. The first-order chi connectivity index (χ1) is 10.6. The van der Waals surface area contributed by atoms with E-state index in [0.29, 0.717) is 18.3 Å². The van der Waals surface area contributed by atoms with Crippen LogP contribution in [0, 0.1) is 5.92 Å². The summed E-state index contributed by atoms with van der Waals surface area (Å²) in [5.74, 6) is 0.991. The highest BCUT2D eigenvalue weighted by Crippen LogP contribution is 2.38. The highest BCUT2D eigenvalue weighted by atomic mass is 127. The van der Waals surface area contributed by atoms with Gasteiger partial charge in [0, 0.05) is 16.5 Å². The quantitative estimate of drug-likeness (QED) is 0.395. The van der Waals surface area contributed by atoms with Crippen LogP contribution in [0.3, 0.4) is 0 Å². The monoisotopic (exact) mass is 451 g/mol. The van der Waals surface area contributed by atoms with Crippen LogP contribution in [0.1, 0.15) is 20.8 Å². The molecule has 3 unspecified atom stereocenters. The fourth-order valence-electron chi connectivity index (χ4n) is 2.09. The minimum atomic E-state index is -1.75. The van der Waals surface area contributed by atoms with Crippen LogP contribution in [-0.2, 0) is 9.16 Å². The van der Waals surface area contributed by atoms with Crippen molar-refractivity contribution in [1.29, 1.82) is 0 Å². The molecule has 1 aliphatic heterocycles. The van der Waals surface area contributed by atoms with Gasteiger partial charge in [-0.1, -0.05) is 43.4 Å². The lowest BCUT2D eigenvalue weighted by atomic mass is 9.97. The number of anilines is 1. The molecule has 0 saturated carbocycles. The predicted molar refractivity (Wildman–Crippen MR) is 103 cm³/mol. The molecule has 0 amide bonds. The van der Waals surface area contributed by atoms with Crippen molar-refractivity contribution in [1.82, 2.24) is 9.97 Å². The number of aromatic amines is 1. The molecule has 3 atom stereocenters. The molecule has 2 rings (SSSR count). The van der Waals surface area contributed by atoms with E-state index in [1.165, 1.54) is 6.20 Å². The van der Waals surface area contributed by atoms with Crippen molar-refractivity contribution in [2.24, 2.45) is 5.92 Å². The summed E-state index contributed by atoms with van der Waals surface area (Å²) in [7, 11) is -1.75. The van der Waals surface area contributed by atoms with Crippen LogP contribution in [0.15, 0.2) is 17.1 Å². The fraction of sp³-hybridized carbons (Fsp3) is 0.733. The molecule has 130 valence electrons. The topological polar surface area (TPSA) is 76.2 Å². The van der Waals surface area contributed by atoms with E-state index in [-0.39, 0.29) is 23.1 Å². The molecule has 1 aromatic rings. The molecule has 0 aliphatic carbocycles. The number of hydrogen-bond donors (Lipinski definition) is 2. The Morgan fingerprint density at radius 3 is 2.74 bits per heavy atom. The van der Waals surface area contributed by atoms with Gasteiger partial charge in [-0.3, -0.25) is 4.98 Å². The average Bonchev–Trinajstić information content (AvgIpc) is 2.41. The second-order valence-electron chi connectivity index (χ2n) is 7.42. The van der Waals surface area contributed by atoms with Gasteiger partial charge in [-0.25, -0.2) is 9.78 Å². The third-order valence-corrected chi connectivity index (χ3v) is 10.3. The molecule has 0 spiro atoms. The van der Waals surface area contributed by atoms with Crippen molar-refractivity contribution >= 4 is 36.7 Å². The van der Waals surface area contributed by atoms with E-state index in [0.717, 1.165) is 4.43 Å². The summed E-state index contributed by atoms with van der Waals surface area (Å²) in [6.07, 6.45) is 1.49. The first-order valence-electron chi connectivity index (χ1n) is 7.81. The van der Waals surface area contributed by atoms with Crippen LogP contribution in [0.5, 0.6) is 0 Å². The largest absolute Gasteiger partial charge is 0.414 e. The van der Waals surface area contributed by atoms with Crippen molar-refractivity contribution < 1.29 is 9.16 Å². The van der Waals surface area contributed by atoms with Gasteiger partial charge in [-0.2, -0.15) is 0 Å². The second kappa shape index (κ2) is 7.20. The van der Waals surface area contributed by atoms with Gasteiger partial charge >= 0.3 is 5.69 Å². The van der Waals surface area contributed by atoms with Gasteiger partial charge in [-0.15, -0.1) is 0 Å². The Bertz CT molecular complexity index is 588. The highest BCUT2D eigenvalue weighted by Gasteiger charge is 2.44. The number of halogens is 1. The van der Waals surface area contributed by atoms with Gasteiger partial charge in [0.05, 0.1) is 12.7 Å². The molecule has 2 heterocycles. The zero-order chi connectivity index (χ0) is 17.3. The zero-order valence-corrected chi connectivity index (χ0v) is 17.5. The molecular weight excluding hydrogens is 425 g/mol. The van der Waals surface area contributed by atoms with Gasteiger partial charge in [0.1, 0.15) is 12.0 Å². The number of hydrogen-bond acceptors (Lipinski definition) is 5. The van der Waals surface area contributed by atoms with E-state index in [1.807, 2.05) is 0 Å². The van der Waals surface area contributed by atoms with Gasteiger partial charge in [-0.05, 0) is 24.2 Å². The fourth-order valence-corrected chi connectivity index (χ4v) is 4.14. The summed E-state index contributed by atoms with van der Waals surface area (Å²) in [6.45, 7) is 11.8. The summed E-state index contributed by atoms with van der Waals surface area (Å²) >= 11 is 2.37. The molecule has 8 heteroatoms. The third-order valence-electron chi connectivity index (χ3n) is 4.75. The smallest absolute Gasteiger partial charge is 0.346 e. The summed E-state index contributed by atoms with van der Waals surface area (Å²) in [6, 6.07) is 1.73. The minimum Gasteiger partial charge on any atom is -0.414 e. The van der Waals surface area contributed by atoms with E-state index in [4.69, 9.17) is 9.16 Å². The van der Waals surface area contributed by atoms with Crippen molar-refractivity contribution in [2.75, 3.05) is 16.4 Å². The highest BCUT2D eigenvalue weighted by molar-refractivity contribution is 14.1. The van der Waals surface area contributed by atoms with E-state index in [2.05, 4.69) is 71.7 Å². The average molecular weight is 451 g/mol. The maximum absolute atomic E-state index is 11.2. The molecule has 2 N–H and O–H groups in total. The van der Waals surface area contributed by atoms with Crippen LogP contribution < -0.4 is 11.0 Å². The normalized spacial score (nSPS) is 25.0. The van der Waals surface area contributed by atoms with Crippen LogP contribution >= 0.6 is 22.6 Å². The van der Waals surface area contributed by atoms with Crippen LogP contribution in [0.2, 0.25) is 18.1 Å². The first kappa shape index (κ1) is 18.9. The molecule has 0 radical (unpaired) electrons. The lowest BCUT2D eigenvalue weighted by Crippen LogP contribution is -2.57. The molecule has 0 aromatic carbocycles. The van der Waals surface area contributed by atoms with Crippen LogP contribution in [0.4, 0.5) is 5.82 Å². The van der Waals surface area contributed by atoms with Crippen molar-refractivity contribution in [2.45, 2.75) is 51.2 Å². The van der Waals surface area contributed by atoms with Crippen molar-refractivity contribution in [3.63, 3.8) is 0 Å². The molecule has 23 heavy (non-hydrogen) atoms. The number of alkyl halides is 1. The van der Waals surface area contributed by atoms with Crippen LogP contribution in [0.25, 0.3) is 0 Å². The summed E-state index contributed by atoms with van der Waals surface area (Å²) in [4.78, 5) is 17.5. The summed E-state index contributed by atoms with van der Waals surface area (Å²) < 4.78 is 13.2. The predicted octanol–water partition coefficient (Wildman–Crippen LogP) is 2.98. The van der Waals surface area contributed by atoms with Crippen molar-refractivity contribution in [3.8, 4) is 0 Å². The van der Waals surface area contributed by atoms with Gasteiger partial charge in [0.15, 0.2) is 8.32 Å². The molecule has 0 bridgehead atoms. The number of H-pyrrole nitrogens is 1. The summed E-state index contributed by atoms with van der Waals surface area (Å²) in [5, 5.41) is 3.41. The van der Waals surface area contributed by atoms with Gasteiger partial charge in [0.2, 0.25) is 0 Å². The number of nitrogens with one attached hydrogen (secondary N) is 2. The van der Waals surface area contributed by atoms with Crippen LogP contribution in [-0.4, -0.2) is 41.7 Å². The lowest BCUT2D eigenvalue weighted by Gasteiger charge is -2.46. The standard InChI is InChI=1S/C15H26IN3O3Si/c1-15(2,3)23(4,5)21-9-11-10(8-16)13(22-11)18-12-6-7-17-14(20)19-12/h6-7,10-11,13H,8-9H2,1-5H3,(H2,17,18,19,20). The molecule has 1 aromatic heterocycles. The van der Waals surface area contributed by atoms with Crippen molar-refractivity contribution in [3.05, 3.63) is 22.7 Å². The SMILES string of the molecule is CC(C)(C)[Si](C)(C)OCC1OC(Nc2ccnc(=O)[nH]2)C1CI. The summed E-state index contributed by atoms with van der Waals surface area (Å²) in [5.41, 5.74) is -0.363. The third kappa shape index (κ3) is 4.55. The Labute approximate surface area is 152 Å². The number of rotatable bonds is 6. The van der Waals surface area contributed by atoms with E-state index < -0.39 is 8.32 Å². The molecule has 1 saturated heterocycles. The first-order valence-corrected chi connectivity index (χ1v) is 12.2. The number of aromatic nitrogens is 2. The Morgan fingerprint density at radius 1 is 1.48 bits per heavy atom. The minimum absolute atomic E-state index is 0.0991.